The summed E-state index contributed by atoms with van der Waals surface area (Å²) in [6.07, 6.45) is 1.22. The van der Waals surface area contributed by atoms with Crippen LogP contribution in [0.5, 0.6) is 5.75 Å². The number of amides is 1. The Balaban J connectivity index is 1.97. The maximum absolute atomic E-state index is 11.8. The third-order valence-electron chi connectivity index (χ3n) is 3.26. The van der Waals surface area contributed by atoms with Gasteiger partial charge in [-0.05, 0) is 48.9 Å². The van der Waals surface area contributed by atoms with Crippen LogP contribution in [0.4, 0.5) is 0 Å². The topological polar surface area (TPSA) is 49.3 Å². The van der Waals surface area contributed by atoms with Gasteiger partial charge in [0.1, 0.15) is 5.75 Å². The second-order valence-corrected chi connectivity index (χ2v) is 4.68. The molecule has 86 valence electrons. The first-order valence-electron chi connectivity index (χ1n) is 5.65. The van der Waals surface area contributed by atoms with Gasteiger partial charge >= 0.3 is 0 Å². The molecule has 0 bridgehead atoms. The van der Waals surface area contributed by atoms with Crippen LogP contribution in [0.25, 0.3) is 0 Å². The van der Waals surface area contributed by atoms with Gasteiger partial charge in [-0.2, -0.15) is 0 Å². The minimum Gasteiger partial charge on any atom is -0.508 e. The van der Waals surface area contributed by atoms with Crippen molar-refractivity contribution >= 4 is 5.91 Å². The molecule has 1 aromatic rings. The van der Waals surface area contributed by atoms with Crippen molar-refractivity contribution in [2.75, 3.05) is 6.54 Å². The Kier molecular flexibility index (Phi) is 2.86. The van der Waals surface area contributed by atoms with E-state index in [4.69, 9.17) is 0 Å². The highest BCUT2D eigenvalue weighted by molar-refractivity contribution is 5.95. The van der Waals surface area contributed by atoms with Crippen LogP contribution >= 0.6 is 0 Å². The molecular formula is C13H17NO2. The first-order valence-corrected chi connectivity index (χ1v) is 5.65. The lowest BCUT2D eigenvalue weighted by Gasteiger charge is -2.07. The van der Waals surface area contributed by atoms with Crippen LogP contribution in [-0.2, 0) is 0 Å². The van der Waals surface area contributed by atoms with Gasteiger partial charge in [0.15, 0.2) is 0 Å². The summed E-state index contributed by atoms with van der Waals surface area (Å²) < 4.78 is 0. The number of hydrogen-bond donors (Lipinski definition) is 2. The standard InChI is InChI=1S/C13H17NO2/c1-8-5-10(8)7-14-13(16)12-4-3-11(15)6-9(12)2/h3-4,6,8,10,15H,5,7H2,1-2H3,(H,14,16). The Labute approximate surface area is 95.5 Å². The lowest BCUT2D eigenvalue weighted by molar-refractivity contribution is 0.0951. The molecule has 0 aromatic heterocycles. The van der Waals surface area contributed by atoms with Gasteiger partial charge in [-0.15, -0.1) is 0 Å². The first kappa shape index (κ1) is 11.0. The number of benzene rings is 1. The Morgan fingerprint density at radius 3 is 2.81 bits per heavy atom. The molecule has 0 aliphatic heterocycles. The van der Waals surface area contributed by atoms with Crippen LogP contribution < -0.4 is 5.32 Å². The average molecular weight is 219 g/mol. The van der Waals surface area contributed by atoms with E-state index in [-0.39, 0.29) is 11.7 Å². The molecule has 1 saturated carbocycles. The van der Waals surface area contributed by atoms with E-state index < -0.39 is 0 Å². The van der Waals surface area contributed by atoms with Crippen molar-refractivity contribution in [2.45, 2.75) is 20.3 Å². The zero-order valence-corrected chi connectivity index (χ0v) is 9.66. The first-order chi connectivity index (χ1) is 7.58. The monoisotopic (exact) mass is 219 g/mol. The van der Waals surface area contributed by atoms with Crippen molar-refractivity contribution in [3.8, 4) is 5.75 Å². The normalized spacial score (nSPS) is 22.9. The van der Waals surface area contributed by atoms with Crippen LogP contribution in [-0.4, -0.2) is 17.6 Å². The number of carbonyl (C=O) groups is 1. The molecule has 1 aliphatic carbocycles. The number of carbonyl (C=O) groups excluding carboxylic acids is 1. The molecule has 0 saturated heterocycles. The van der Waals surface area contributed by atoms with E-state index in [0.29, 0.717) is 11.5 Å². The lowest BCUT2D eigenvalue weighted by Crippen LogP contribution is -2.26. The maximum Gasteiger partial charge on any atom is 0.251 e. The summed E-state index contributed by atoms with van der Waals surface area (Å²) in [5.41, 5.74) is 1.45. The molecule has 1 aliphatic rings. The zero-order chi connectivity index (χ0) is 11.7. The van der Waals surface area contributed by atoms with Gasteiger partial charge < -0.3 is 10.4 Å². The quantitative estimate of drug-likeness (QED) is 0.817. The molecule has 3 heteroatoms. The molecule has 1 amide bonds. The van der Waals surface area contributed by atoms with E-state index in [0.717, 1.165) is 18.0 Å². The summed E-state index contributed by atoms with van der Waals surface area (Å²) in [6, 6.07) is 4.81. The average Bonchev–Trinajstić information content (AvgIpc) is 2.91. The van der Waals surface area contributed by atoms with Crippen molar-refractivity contribution in [3.05, 3.63) is 29.3 Å². The minimum absolute atomic E-state index is 0.0448. The highest BCUT2D eigenvalue weighted by Crippen LogP contribution is 2.36. The molecule has 2 atom stereocenters. The number of hydrogen-bond acceptors (Lipinski definition) is 2. The highest BCUT2D eigenvalue weighted by Gasteiger charge is 2.32. The summed E-state index contributed by atoms with van der Waals surface area (Å²) in [6.45, 7) is 4.79. The molecule has 2 rings (SSSR count). The maximum atomic E-state index is 11.8. The van der Waals surface area contributed by atoms with Crippen LogP contribution in [0.1, 0.15) is 29.3 Å². The summed E-state index contributed by atoms with van der Waals surface area (Å²) in [5.74, 6) is 1.56. The Bertz CT molecular complexity index is 414. The van der Waals surface area contributed by atoms with Crippen molar-refractivity contribution in [3.63, 3.8) is 0 Å². The largest absolute Gasteiger partial charge is 0.508 e. The second kappa shape index (κ2) is 4.16. The number of aromatic hydroxyl groups is 1. The molecule has 0 heterocycles. The van der Waals surface area contributed by atoms with Gasteiger partial charge in [0.2, 0.25) is 0 Å². The van der Waals surface area contributed by atoms with Crippen molar-refractivity contribution in [1.82, 2.24) is 5.32 Å². The Morgan fingerprint density at radius 2 is 2.25 bits per heavy atom. The van der Waals surface area contributed by atoms with E-state index in [9.17, 15) is 9.90 Å². The van der Waals surface area contributed by atoms with Gasteiger partial charge in [0.25, 0.3) is 5.91 Å². The molecule has 16 heavy (non-hydrogen) atoms. The summed E-state index contributed by atoms with van der Waals surface area (Å²) >= 11 is 0. The van der Waals surface area contributed by atoms with E-state index in [1.54, 1.807) is 18.2 Å². The fourth-order valence-corrected chi connectivity index (χ4v) is 1.91. The van der Waals surface area contributed by atoms with Gasteiger partial charge in [-0.25, -0.2) is 0 Å². The number of nitrogens with one attached hydrogen (secondary N) is 1. The van der Waals surface area contributed by atoms with Gasteiger partial charge in [-0.1, -0.05) is 6.92 Å². The molecule has 1 aromatic carbocycles. The fourth-order valence-electron chi connectivity index (χ4n) is 1.91. The SMILES string of the molecule is Cc1cc(O)ccc1C(=O)NCC1CC1C. The number of aryl methyl sites for hydroxylation is 1. The summed E-state index contributed by atoms with van der Waals surface area (Å²) in [5, 5.41) is 12.2. The van der Waals surface area contributed by atoms with Crippen molar-refractivity contribution in [1.29, 1.82) is 0 Å². The molecule has 0 spiro atoms. The Hall–Kier alpha value is -1.51. The number of rotatable bonds is 3. The highest BCUT2D eigenvalue weighted by atomic mass is 16.3. The van der Waals surface area contributed by atoms with E-state index in [2.05, 4.69) is 12.2 Å². The molecule has 2 unspecified atom stereocenters. The van der Waals surface area contributed by atoms with Crippen molar-refractivity contribution < 1.29 is 9.90 Å². The fraction of sp³-hybridized carbons (Fsp3) is 0.462. The third kappa shape index (κ3) is 2.35. The van der Waals surface area contributed by atoms with Gasteiger partial charge in [-0.3, -0.25) is 4.79 Å². The van der Waals surface area contributed by atoms with Crippen LogP contribution in [0.2, 0.25) is 0 Å². The van der Waals surface area contributed by atoms with Crippen LogP contribution in [0, 0.1) is 18.8 Å². The minimum atomic E-state index is -0.0448. The van der Waals surface area contributed by atoms with E-state index in [1.807, 2.05) is 6.92 Å². The second-order valence-electron chi connectivity index (χ2n) is 4.68. The summed E-state index contributed by atoms with van der Waals surface area (Å²) in [4.78, 5) is 11.8. The third-order valence-corrected chi connectivity index (χ3v) is 3.26. The predicted octanol–water partition coefficient (Wildman–Crippen LogP) is 2.09. The number of phenols is 1. The van der Waals surface area contributed by atoms with Gasteiger partial charge in [0, 0.05) is 12.1 Å². The van der Waals surface area contributed by atoms with Crippen molar-refractivity contribution in [2.24, 2.45) is 11.8 Å². The molecule has 0 radical (unpaired) electrons. The van der Waals surface area contributed by atoms with Gasteiger partial charge in [0.05, 0.1) is 0 Å². The number of phenolic OH excluding ortho intramolecular Hbond substituents is 1. The lowest BCUT2D eigenvalue weighted by atomic mass is 10.1. The molecular weight excluding hydrogens is 202 g/mol. The molecule has 3 nitrogen and oxygen atoms in total. The Morgan fingerprint density at radius 1 is 1.56 bits per heavy atom. The predicted molar refractivity (Wildman–Crippen MR) is 62.4 cm³/mol. The smallest absolute Gasteiger partial charge is 0.251 e. The zero-order valence-electron chi connectivity index (χ0n) is 9.66. The van der Waals surface area contributed by atoms with E-state index >= 15 is 0 Å². The van der Waals surface area contributed by atoms with E-state index in [1.165, 1.54) is 6.42 Å². The molecule has 2 N–H and O–H groups in total. The van der Waals surface area contributed by atoms with Crippen LogP contribution in [0.3, 0.4) is 0 Å². The summed E-state index contributed by atoms with van der Waals surface area (Å²) in [7, 11) is 0. The van der Waals surface area contributed by atoms with Crippen LogP contribution in [0.15, 0.2) is 18.2 Å². The molecule has 1 fully saturated rings.